The molecular weight excluding hydrogens is 394 g/mol. The molecule has 1 aromatic heterocycles. The number of piperidine rings is 1. The van der Waals surface area contributed by atoms with Gasteiger partial charge in [-0.25, -0.2) is 0 Å². The van der Waals surface area contributed by atoms with Gasteiger partial charge in [0.15, 0.2) is 0 Å². The minimum absolute atomic E-state index is 0. The monoisotopic (exact) mass is 421 g/mol. The van der Waals surface area contributed by atoms with Crippen LogP contribution in [0.2, 0.25) is 0 Å². The summed E-state index contributed by atoms with van der Waals surface area (Å²) >= 11 is 1.72. The molecule has 5 nitrogen and oxygen atoms in total. The summed E-state index contributed by atoms with van der Waals surface area (Å²) in [5.74, 6) is -0.0980. The molecule has 2 atom stereocenters. The Morgan fingerprint density at radius 2 is 2.11 bits per heavy atom. The molecule has 0 bridgehead atoms. The normalized spacial score (nSPS) is 18.8. The molecular formula is C21H28ClN3O2S. The van der Waals surface area contributed by atoms with E-state index in [1.54, 1.807) is 29.5 Å². The highest BCUT2D eigenvalue weighted by Crippen LogP contribution is 2.15. The fourth-order valence-electron chi connectivity index (χ4n) is 3.37. The highest BCUT2D eigenvalue weighted by molar-refractivity contribution is 7.09. The summed E-state index contributed by atoms with van der Waals surface area (Å²) in [4.78, 5) is 26.0. The Morgan fingerprint density at radius 1 is 1.25 bits per heavy atom. The highest BCUT2D eigenvalue weighted by Gasteiger charge is 2.20. The van der Waals surface area contributed by atoms with Crippen LogP contribution in [-0.4, -0.2) is 30.4 Å². The number of anilines is 1. The van der Waals surface area contributed by atoms with Crippen molar-refractivity contribution >= 4 is 41.2 Å². The molecule has 0 aliphatic carbocycles. The number of carbonyl (C=O) groups is 2. The van der Waals surface area contributed by atoms with E-state index in [1.165, 1.54) is 4.88 Å². The second-order valence-electron chi connectivity index (χ2n) is 7.11. The van der Waals surface area contributed by atoms with E-state index in [2.05, 4.69) is 34.3 Å². The quantitative estimate of drug-likeness (QED) is 0.632. The minimum atomic E-state index is -0.0807. The molecule has 1 aliphatic heterocycles. The second kappa shape index (κ2) is 11.2. The van der Waals surface area contributed by atoms with E-state index in [0.717, 1.165) is 32.2 Å². The van der Waals surface area contributed by atoms with Gasteiger partial charge in [0.1, 0.15) is 0 Å². The van der Waals surface area contributed by atoms with Crippen LogP contribution in [0.15, 0.2) is 41.8 Å². The molecule has 2 amide bonds. The van der Waals surface area contributed by atoms with Gasteiger partial charge in [0.25, 0.3) is 5.91 Å². The third-order valence-corrected chi connectivity index (χ3v) is 5.71. The summed E-state index contributed by atoms with van der Waals surface area (Å²) < 4.78 is 0. The molecule has 0 spiro atoms. The van der Waals surface area contributed by atoms with Crippen LogP contribution in [0, 0.1) is 0 Å². The summed E-state index contributed by atoms with van der Waals surface area (Å²) in [6.07, 6.45) is 4.09. The van der Waals surface area contributed by atoms with Crippen LogP contribution in [0.4, 0.5) is 5.69 Å². The molecule has 1 saturated heterocycles. The van der Waals surface area contributed by atoms with Crippen LogP contribution in [-0.2, 0) is 11.2 Å². The lowest BCUT2D eigenvalue weighted by Gasteiger charge is -2.28. The number of halogens is 1. The zero-order valence-electron chi connectivity index (χ0n) is 16.1. The van der Waals surface area contributed by atoms with Gasteiger partial charge in [-0.2, -0.15) is 0 Å². The van der Waals surface area contributed by atoms with Crippen LogP contribution < -0.4 is 16.0 Å². The molecule has 2 heterocycles. The molecule has 1 aliphatic rings. The van der Waals surface area contributed by atoms with Crippen molar-refractivity contribution < 1.29 is 9.59 Å². The first-order valence-corrected chi connectivity index (χ1v) is 10.4. The molecule has 152 valence electrons. The maximum Gasteiger partial charge on any atom is 0.251 e. The van der Waals surface area contributed by atoms with Gasteiger partial charge >= 0.3 is 0 Å². The summed E-state index contributed by atoms with van der Waals surface area (Å²) in [7, 11) is 0. The van der Waals surface area contributed by atoms with E-state index in [9.17, 15) is 9.59 Å². The van der Waals surface area contributed by atoms with Gasteiger partial charge in [-0.3, -0.25) is 9.59 Å². The van der Waals surface area contributed by atoms with Crippen LogP contribution in [0.25, 0.3) is 0 Å². The standard InChI is InChI=1S/C21H27N3O2S.ClH/c1-15-13-18(10-11-22-15)24-21(26)16-5-2-6-17(14-16)23-20(25)9-3-7-19-8-4-12-27-19;/h2,4-6,8,12,14-15,18,22H,3,7,9-11,13H2,1H3,(H,23,25)(H,24,26);1H. The molecule has 28 heavy (non-hydrogen) atoms. The molecule has 1 fully saturated rings. The van der Waals surface area contributed by atoms with Crippen molar-refractivity contribution in [2.24, 2.45) is 0 Å². The molecule has 0 saturated carbocycles. The molecule has 3 rings (SSSR count). The number of hydrogen-bond donors (Lipinski definition) is 3. The van der Waals surface area contributed by atoms with E-state index < -0.39 is 0 Å². The predicted octanol–water partition coefficient (Wildman–Crippen LogP) is 4.00. The van der Waals surface area contributed by atoms with Crippen molar-refractivity contribution in [2.75, 3.05) is 11.9 Å². The lowest BCUT2D eigenvalue weighted by molar-refractivity contribution is -0.116. The number of carbonyl (C=O) groups excluding carboxylic acids is 2. The predicted molar refractivity (Wildman–Crippen MR) is 118 cm³/mol. The average molecular weight is 422 g/mol. The van der Waals surface area contributed by atoms with E-state index >= 15 is 0 Å². The molecule has 1 aromatic carbocycles. The smallest absolute Gasteiger partial charge is 0.251 e. The Kier molecular flexibility index (Phi) is 8.96. The van der Waals surface area contributed by atoms with Gasteiger partial charge in [-0.05, 0) is 68.8 Å². The Balaban J connectivity index is 0.00000280. The highest BCUT2D eigenvalue weighted by atomic mass is 35.5. The van der Waals surface area contributed by atoms with Gasteiger partial charge in [0.2, 0.25) is 5.91 Å². The number of rotatable bonds is 7. The van der Waals surface area contributed by atoms with Crippen molar-refractivity contribution in [3.63, 3.8) is 0 Å². The first-order valence-electron chi connectivity index (χ1n) is 9.56. The fourth-order valence-corrected chi connectivity index (χ4v) is 4.12. The van der Waals surface area contributed by atoms with Crippen molar-refractivity contribution in [1.29, 1.82) is 0 Å². The van der Waals surface area contributed by atoms with Crippen LogP contribution in [0.1, 0.15) is 47.8 Å². The molecule has 0 radical (unpaired) electrons. The van der Waals surface area contributed by atoms with E-state index in [1.807, 2.05) is 12.1 Å². The first kappa shape index (κ1) is 22.4. The summed E-state index contributed by atoms with van der Waals surface area (Å²) in [6, 6.07) is 11.9. The van der Waals surface area contributed by atoms with Gasteiger partial charge in [-0.1, -0.05) is 12.1 Å². The van der Waals surface area contributed by atoms with E-state index in [0.29, 0.717) is 23.7 Å². The van der Waals surface area contributed by atoms with Crippen LogP contribution in [0.5, 0.6) is 0 Å². The zero-order valence-corrected chi connectivity index (χ0v) is 17.7. The molecule has 2 aromatic rings. The minimum Gasteiger partial charge on any atom is -0.349 e. The number of aryl methyl sites for hydroxylation is 1. The van der Waals surface area contributed by atoms with E-state index in [-0.39, 0.29) is 30.3 Å². The maximum atomic E-state index is 12.5. The second-order valence-corrected chi connectivity index (χ2v) is 8.14. The third kappa shape index (κ3) is 6.93. The summed E-state index contributed by atoms with van der Waals surface area (Å²) in [6.45, 7) is 3.06. The maximum absolute atomic E-state index is 12.5. The third-order valence-electron chi connectivity index (χ3n) is 4.77. The van der Waals surface area contributed by atoms with Crippen LogP contribution in [0.3, 0.4) is 0 Å². The van der Waals surface area contributed by atoms with Gasteiger partial charge < -0.3 is 16.0 Å². The van der Waals surface area contributed by atoms with Crippen molar-refractivity contribution in [1.82, 2.24) is 10.6 Å². The van der Waals surface area contributed by atoms with Gasteiger partial charge in [0, 0.05) is 34.6 Å². The number of amides is 2. The largest absolute Gasteiger partial charge is 0.349 e. The average Bonchev–Trinajstić information content (AvgIpc) is 3.15. The topological polar surface area (TPSA) is 70.2 Å². The van der Waals surface area contributed by atoms with Gasteiger partial charge in [0.05, 0.1) is 0 Å². The summed E-state index contributed by atoms with van der Waals surface area (Å²) in [5, 5.41) is 11.4. The Hall–Kier alpha value is -1.89. The molecule has 2 unspecified atom stereocenters. The van der Waals surface area contributed by atoms with Crippen molar-refractivity contribution in [2.45, 2.75) is 51.1 Å². The Labute approximate surface area is 176 Å². The van der Waals surface area contributed by atoms with Gasteiger partial charge in [-0.15, -0.1) is 23.7 Å². The lowest BCUT2D eigenvalue weighted by atomic mass is 10.00. The Morgan fingerprint density at radius 3 is 2.86 bits per heavy atom. The summed E-state index contributed by atoms with van der Waals surface area (Å²) in [5.41, 5.74) is 1.25. The number of thiophene rings is 1. The van der Waals surface area contributed by atoms with E-state index in [4.69, 9.17) is 0 Å². The number of nitrogens with one attached hydrogen (secondary N) is 3. The van der Waals surface area contributed by atoms with Crippen molar-refractivity contribution in [3.8, 4) is 0 Å². The number of benzene rings is 1. The molecule has 7 heteroatoms. The first-order chi connectivity index (χ1) is 13.1. The van der Waals surface area contributed by atoms with Crippen molar-refractivity contribution in [3.05, 3.63) is 52.2 Å². The van der Waals surface area contributed by atoms with Crippen LogP contribution >= 0.6 is 23.7 Å². The zero-order chi connectivity index (χ0) is 19.1. The Bertz CT molecular complexity index is 767. The fraction of sp³-hybridized carbons (Fsp3) is 0.429. The number of hydrogen-bond acceptors (Lipinski definition) is 4. The SMILES string of the molecule is CC1CC(NC(=O)c2cccc(NC(=O)CCCc3cccs3)c2)CCN1.Cl. The molecule has 3 N–H and O–H groups in total. The lowest BCUT2D eigenvalue weighted by Crippen LogP contribution is -2.46.